The Kier molecular flexibility index (Phi) is 7.39. The van der Waals surface area contributed by atoms with Crippen LogP contribution in [-0.2, 0) is 4.79 Å². The van der Waals surface area contributed by atoms with Crippen LogP contribution in [0.15, 0.2) is 79.3 Å². The Balaban J connectivity index is 1.38. The zero-order valence-corrected chi connectivity index (χ0v) is 20.3. The lowest BCUT2D eigenvalue weighted by Gasteiger charge is -2.31. The fraction of sp³-hybridized carbons (Fsp3) is 0.333. The molecule has 1 aliphatic heterocycles. The van der Waals surface area contributed by atoms with Gasteiger partial charge in [0.25, 0.3) is 0 Å². The summed E-state index contributed by atoms with van der Waals surface area (Å²) in [5.41, 5.74) is 3.48. The smallest absolute Gasteiger partial charge is 0.228 e. The molecule has 0 unspecified atom stereocenters. The van der Waals surface area contributed by atoms with Gasteiger partial charge < -0.3 is 15.3 Å². The minimum Gasteiger partial charge on any atom is -0.386 e. The van der Waals surface area contributed by atoms with Crippen LogP contribution < -0.4 is 5.32 Å². The van der Waals surface area contributed by atoms with E-state index in [-0.39, 0.29) is 18.0 Å². The molecule has 1 aromatic heterocycles. The molecule has 0 saturated carbocycles. The molecule has 1 aliphatic rings. The number of carbonyl (C=O) groups excluding carboxylic acids is 1. The molecular formula is C27H31ClN4O2. The molecule has 7 heteroatoms. The summed E-state index contributed by atoms with van der Waals surface area (Å²) in [5.74, 6) is -0.691. The molecule has 6 nitrogen and oxygen atoms in total. The quantitative estimate of drug-likeness (QED) is 0.475. The monoisotopic (exact) mass is 478 g/mol. The molecule has 2 aromatic carbocycles. The number of carbonyl (C=O) groups is 1. The van der Waals surface area contributed by atoms with E-state index in [0.29, 0.717) is 17.3 Å². The molecule has 178 valence electrons. The Morgan fingerprint density at radius 1 is 1.21 bits per heavy atom. The van der Waals surface area contributed by atoms with Gasteiger partial charge in [0.2, 0.25) is 5.91 Å². The van der Waals surface area contributed by atoms with Gasteiger partial charge in [-0.25, -0.2) is 4.68 Å². The van der Waals surface area contributed by atoms with Crippen molar-refractivity contribution >= 4 is 17.5 Å². The molecule has 1 fully saturated rings. The molecule has 0 bridgehead atoms. The summed E-state index contributed by atoms with van der Waals surface area (Å²) >= 11 is 6.17. The number of rotatable bonds is 8. The van der Waals surface area contributed by atoms with Gasteiger partial charge >= 0.3 is 0 Å². The van der Waals surface area contributed by atoms with E-state index in [4.69, 9.17) is 11.6 Å². The van der Waals surface area contributed by atoms with Crippen molar-refractivity contribution in [2.24, 2.45) is 5.92 Å². The number of aromatic nitrogens is 2. The van der Waals surface area contributed by atoms with E-state index in [1.54, 1.807) is 17.8 Å². The van der Waals surface area contributed by atoms with Gasteiger partial charge in [0.1, 0.15) is 6.10 Å². The van der Waals surface area contributed by atoms with Crippen LogP contribution >= 0.6 is 11.6 Å². The summed E-state index contributed by atoms with van der Waals surface area (Å²) < 4.78 is 1.80. The van der Waals surface area contributed by atoms with Crippen LogP contribution in [0.5, 0.6) is 0 Å². The highest BCUT2D eigenvalue weighted by Crippen LogP contribution is 2.34. The Bertz CT molecular complexity index is 1130. The maximum Gasteiger partial charge on any atom is 0.228 e. The third-order valence-corrected chi connectivity index (χ3v) is 6.79. The van der Waals surface area contributed by atoms with Gasteiger partial charge in [0.15, 0.2) is 0 Å². The van der Waals surface area contributed by atoms with E-state index < -0.39 is 12.0 Å². The van der Waals surface area contributed by atoms with E-state index >= 15 is 0 Å². The first-order chi connectivity index (χ1) is 16.3. The molecule has 2 heterocycles. The van der Waals surface area contributed by atoms with E-state index in [0.717, 1.165) is 29.7 Å². The fourth-order valence-electron chi connectivity index (χ4n) is 4.57. The highest BCUT2D eigenvalue weighted by atomic mass is 35.5. The van der Waals surface area contributed by atoms with Crippen molar-refractivity contribution in [1.29, 1.82) is 0 Å². The second kappa shape index (κ2) is 10.5. The maximum absolute atomic E-state index is 13.3. The van der Waals surface area contributed by atoms with Crippen LogP contribution in [0.3, 0.4) is 0 Å². The Morgan fingerprint density at radius 3 is 2.65 bits per heavy atom. The van der Waals surface area contributed by atoms with Crippen LogP contribution in [0.2, 0.25) is 5.02 Å². The number of benzene rings is 2. The standard InChI is InChI=1S/C27H31ClN4O2/c1-18(27(34)31-15-5-9-25(31)22-7-4-8-23(28)17-22)26(33)20(3)30-19(2)21-10-12-24(13-11-21)32-16-6-14-29-32/h4,6-8,10-14,16-19,25-26,30,33H,3,5,9,15H2,1-2H3/t18-,19-,25-,26-/m1/s1. The van der Waals surface area contributed by atoms with Crippen molar-refractivity contribution in [1.82, 2.24) is 20.0 Å². The minimum atomic E-state index is -1.00. The molecule has 0 aliphatic carbocycles. The van der Waals surface area contributed by atoms with Gasteiger partial charge in [-0.3, -0.25) is 4.79 Å². The molecule has 0 radical (unpaired) electrons. The number of hydrogen-bond donors (Lipinski definition) is 2. The van der Waals surface area contributed by atoms with Crippen molar-refractivity contribution in [3.63, 3.8) is 0 Å². The zero-order chi connectivity index (χ0) is 24.2. The van der Waals surface area contributed by atoms with E-state index in [2.05, 4.69) is 17.0 Å². The number of nitrogens with zero attached hydrogens (tertiary/aromatic N) is 3. The molecular weight excluding hydrogens is 448 g/mol. The average molecular weight is 479 g/mol. The van der Waals surface area contributed by atoms with Crippen LogP contribution in [0.1, 0.15) is 49.9 Å². The Morgan fingerprint density at radius 2 is 1.97 bits per heavy atom. The number of aliphatic hydroxyl groups is 1. The first-order valence-electron chi connectivity index (χ1n) is 11.6. The number of nitrogens with one attached hydrogen (secondary N) is 1. The van der Waals surface area contributed by atoms with Gasteiger partial charge in [0.05, 0.1) is 17.6 Å². The summed E-state index contributed by atoms with van der Waals surface area (Å²) in [4.78, 5) is 15.2. The number of amides is 1. The largest absolute Gasteiger partial charge is 0.386 e. The highest BCUT2D eigenvalue weighted by molar-refractivity contribution is 6.30. The van der Waals surface area contributed by atoms with E-state index in [1.165, 1.54) is 0 Å². The topological polar surface area (TPSA) is 70.4 Å². The fourth-order valence-corrected chi connectivity index (χ4v) is 4.77. The van der Waals surface area contributed by atoms with Crippen LogP contribution in [0.25, 0.3) is 5.69 Å². The third kappa shape index (κ3) is 5.18. The van der Waals surface area contributed by atoms with Gasteiger partial charge in [-0.05, 0) is 61.2 Å². The zero-order valence-electron chi connectivity index (χ0n) is 19.6. The average Bonchev–Trinajstić information content (AvgIpc) is 3.55. The first kappa shape index (κ1) is 24.0. The van der Waals surface area contributed by atoms with Crippen molar-refractivity contribution in [3.8, 4) is 5.69 Å². The van der Waals surface area contributed by atoms with E-state index in [9.17, 15) is 9.90 Å². The molecule has 2 N–H and O–H groups in total. The predicted octanol–water partition coefficient (Wildman–Crippen LogP) is 5.05. The molecule has 4 rings (SSSR count). The molecule has 3 aromatic rings. The summed E-state index contributed by atoms with van der Waals surface area (Å²) in [6.45, 7) is 8.47. The lowest BCUT2D eigenvalue weighted by Crippen LogP contribution is -2.42. The second-order valence-electron chi connectivity index (χ2n) is 8.91. The predicted molar refractivity (Wildman–Crippen MR) is 135 cm³/mol. The molecule has 34 heavy (non-hydrogen) atoms. The van der Waals surface area contributed by atoms with Crippen molar-refractivity contribution in [2.75, 3.05) is 6.54 Å². The summed E-state index contributed by atoms with van der Waals surface area (Å²) in [7, 11) is 0. The number of likely N-dealkylation sites (tertiary alicyclic amines) is 1. The maximum atomic E-state index is 13.3. The SMILES string of the molecule is C=C(N[C@H](C)c1ccc(-n2cccn2)cc1)[C@H](O)[C@@H](C)C(=O)N1CCC[C@@H]1c1cccc(Cl)c1. The minimum absolute atomic E-state index is 0.0192. The van der Waals surface area contributed by atoms with Crippen molar-refractivity contribution < 1.29 is 9.90 Å². The lowest BCUT2D eigenvalue weighted by molar-refractivity contribution is -0.138. The van der Waals surface area contributed by atoms with Gasteiger partial charge in [-0.15, -0.1) is 0 Å². The number of halogens is 1. The second-order valence-corrected chi connectivity index (χ2v) is 9.35. The van der Waals surface area contributed by atoms with Gasteiger partial charge in [-0.2, -0.15) is 5.10 Å². The van der Waals surface area contributed by atoms with Crippen LogP contribution in [0, 0.1) is 5.92 Å². The Hall–Kier alpha value is -3.09. The molecule has 0 spiro atoms. The first-order valence-corrected chi connectivity index (χ1v) is 12.0. The third-order valence-electron chi connectivity index (χ3n) is 6.55. The van der Waals surface area contributed by atoms with Gasteiger partial charge in [0, 0.05) is 35.7 Å². The van der Waals surface area contributed by atoms with Gasteiger partial charge in [-0.1, -0.05) is 49.4 Å². The summed E-state index contributed by atoms with van der Waals surface area (Å²) in [6.07, 6.45) is 4.45. The van der Waals surface area contributed by atoms with E-state index in [1.807, 2.05) is 72.6 Å². The Labute approximate surface area is 205 Å². The van der Waals surface area contributed by atoms with Crippen LogP contribution in [0.4, 0.5) is 0 Å². The molecule has 1 amide bonds. The van der Waals surface area contributed by atoms with Crippen molar-refractivity contribution in [3.05, 3.63) is 95.4 Å². The summed E-state index contributed by atoms with van der Waals surface area (Å²) in [6, 6.07) is 17.5. The summed E-state index contributed by atoms with van der Waals surface area (Å²) in [5, 5.41) is 19.1. The van der Waals surface area contributed by atoms with Crippen molar-refractivity contribution in [2.45, 2.75) is 44.9 Å². The number of hydrogen-bond acceptors (Lipinski definition) is 4. The molecule has 1 saturated heterocycles. The lowest BCUT2D eigenvalue weighted by atomic mass is 9.98. The molecule has 4 atom stereocenters. The normalized spacial score (nSPS) is 18.4. The number of aliphatic hydroxyl groups excluding tert-OH is 1. The highest BCUT2D eigenvalue weighted by Gasteiger charge is 2.35. The van der Waals surface area contributed by atoms with Crippen LogP contribution in [-0.4, -0.2) is 38.3 Å².